The minimum atomic E-state index is -4.48. The normalized spacial score (nSPS) is 11.5. The number of alkyl halides is 3. The molecule has 0 radical (unpaired) electrons. The molecule has 6 nitrogen and oxygen atoms in total. The van der Waals surface area contributed by atoms with Gasteiger partial charge in [-0.2, -0.15) is 17.9 Å². The summed E-state index contributed by atoms with van der Waals surface area (Å²) in [5.74, 6) is 1.60. The van der Waals surface area contributed by atoms with Crippen LogP contribution in [0.4, 0.5) is 13.2 Å². The SMILES string of the molecule is C#CCNS(=O)(=O)c1cccc(C(=O)NCCOc2cccc(C(F)(F)F)c2)c1. The van der Waals surface area contributed by atoms with Crippen LogP contribution in [0.25, 0.3) is 0 Å². The fourth-order valence-corrected chi connectivity index (χ4v) is 3.20. The number of amides is 1. The first-order chi connectivity index (χ1) is 13.6. The summed E-state index contributed by atoms with van der Waals surface area (Å²) in [6.07, 6.45) is 0.545. The molecule has 0 heterocycles. The summed E-state index contributed by atoms with van der Waals surface area (Å²) >= 11 is 0. The number of ether oxygens (including phenoxy) is 1. The molecule has 0 aliphatic heterocycles. The zero-order chi connectivity index (χ0) is 21.5. The third kappa shape index (κ3) is 6.51. The minimum absolute atomic E-state index is 0.00139. The van der Waals surface area contributed by atoms with Gasteiger partial charge in [-0.05, 0) is 36.4 Å². The van der Waals surface area contributed by atoms with E-state index in [0.717, 1.165) is 12.1 Å². The molecule has 1 amide bonds. The molecule has 154 valence electrons. The van der Waals surface area contributed by atoms with Crippen LogP contribution in [0.5, 0.6) is 5.75 Å². The Hall–Kier alpha value is -3.03. The van der Waals surface area contributed by atoms with Crippen molar-refractivity contribution in [2.24, 2.45) is 0 Å². The van der Waals surface area contributed by atoms with E-state index in [-0.39, 0.29) is 35.9 Å². The number of benzene rings is 2. The number of rotatable bonds is 8. The van der Waals surface area contributed by atoms with E-state index in [1.165, 1.54) is 36.4 Å². The lowest BCUT2D eigenvalue weighted by Crippen LogP contribution is -2.29. The monoisotopic (exact) mass is 426 g/mol. The predicted molar refractivity (Wildman–Crippen MR) is 99.7 cm³/mol. The summed E-state index contributed by atoms with van der Waals surface area (Å²) in [5.41, 5.74) is -0.747. The molecule has 0 aliphatic rings. The first-order valence-electron chi connectivity index (χ1n) is 8.25. The number of sulfonamides is 1. The lowest BCUT2D eigenvalue weighted by atomic mass is 10.2. The van der Waals surface area contributed by atoms with E-state index in [9.17, 15) is 26.4 Å². The quantitative estimate of drug-likeness (QED) is 0.502. The van der Waals surface area contributed by atoms with Gasteiger partial charge in [0.2, 0.25) is 10.0 Å². The van der Waals surface area contributed by atoms with E-state index >= 15 is 0 Å². The summed E-state index contributed by atoms with van der Waals surface area (Å²) in [5, 5.41) is 2.50. The second kappa shape index (κ2) is 9.45. The van der Waals surface area contributed by atoms with Crippen molar-refractivity contribution in [3.8, 4) is 18.1 Å². The average Bonchev–Trinajstić information content (AvgIpc) is 2.69. The first kappa shape index (κ1) is 22.3. The lowest BCUT2D eigenvalue weighted by Gasteiger charge is -2.11. The maximum absolute atomic E-state index is 12.7. The Kier molecular flexibility index (Phi) is 7.25. The van der Waals surface area contributed by atoms with Crippen molar-refractivity contribution in [1.29, 1.82) is 0 Å². The molecule has 2 rings (SSSR count). The van der Waals surface area contributed by atoms with Crippen molar-refractivity contribution in [1.82, 2.24) is 10.0 Å². The zero-order valence-electron chi connectivity index (χ0n) is 15.0. The molecule has 2 aromatic carbocycles. The summed E-state index contributed by atoms with van der Waals surface area (Å²) in [6, 6.07) is 9.69. The van der Waals surface area contributed by atoms with Crippen molar-refractivity contribution in [2.45, 2.75) is 11.1 Å². The van der Waals surface area contributed by atoms with Gasteiger partial charge in [0.15, 0.2) is 0 Å². The van der Waals surface area contributed by atoms with E-state index in [0.29, 0.717) is 0 Å². The van der Waals surface area contributed by atoms with Crippen molar-refractivity contribution in [3.63, 3.8) is 0 Å². The van der Waals surface area contributed by atoms with Gasteiger partial charge in [0.05, 0.1) is 23.5 Å². The summed E-state index contributed by atoms with van der Waals surface area (Å²) in [4.78, 5) is 12.0. The Morgan fingerprint density at radius 2 is 1.86 bits per heavy atom. The van der Waals surface area contributed by atoms with Gasteiger partial charge < -0.3 is 10.1 Å². The molecular weight excluding hydrogens is 409 g/mol. The van der Waals surface area contributed by atoms with E-state index in [4.69, 9.17) is 11.2 Å². The molecule has 0 aliphatic carbocycles. The maximum atomic E-state index is 12.7. The van der Waals surface area contributed by atoms with Gasteiger partial charge in [-0.3, -0.25) is 4.79 Å². The zero-order valence-corrected chi connectivity index (χ0v) is 15.8. The fraction of sp³-hybridized carbons (Fsp3) is 0.211. The van der Waals surface area contributed by atoms with Crippen molar-refractivity contribution >= 4 is 15.9 Å². The van der Waals surface area contributed by atoms with E-state index in [2.05, 4.69) is 16.0 Å². The highest BCUT2D eigenvalue weighted by Gasteiger charge is 2.30. The second-order valence-electron chi connectivity index (χ2n) is 5.69. The van der Waals surface area contributed by atoms with Gasteiger partial charge in [-0.15, -0.1) is 6.42 Å². The number of halogens is 3. The van der Waals surface area contributed by atoms with Crippen LogP contribution in [0.2, 0.25) is 0 Å². The van der Waals surface area contributed by atoms with E-state index < -0.39 is 27.7 Å². The Morgan fingerprint density at radius 1 is 1.14 bits per heavy atom. The van der Waals surface area contributed by atoms with Gasteiger partial charge in [-0.1, -0.05) is 18.1 Å². The number of nitrogens with one attached hydrogen (secondary N) is 2. The number of hydrogen-bond donors (Lipinski definition) is 2. The summed E-state index contributed by atoms with van der Waals surface area (Å²) in [7, 11) is -3.84. The highest BCUT2D eigenvalue weighted by Crippen LogP contribution is 2.31. The van der Waals surface area contributed by atoms with Crippen LogP contribution in [0, 0.1) is 12.3 Å². The van der Waals surface area contributed by atoms with Gasteiger partial charge in [0.25, 0.3) is 5.91 Å². The highest BCUT2D eigenvalue weighted by atomic mass is 32.2. The van der Waals surface area contributed by atoms with Crippen LogP contribution in [-0.4, -0.2) is 34.0 Å². The molecule has 0 saturated carbocycles. The first-order valence-corrected chi connectivity index (χ1v) is 9.73. The third-order valence-electron chi connectivity index (χ3n) is 3.59. The van der Waals surface area contributed by atoms with Crippen LogP contribution in [-0.2, 0) is 16.2 Å². The smallest absolute Gasteiger partial charge is 0.416 e. The lowest BCUT2D eigenvalue weighted by molar-refractivity contribution is -0.137. The number of terminal acetylenes is 1. The standard InChI is InChI=1S/C19H17F3N2O4S/c1-2-9-24-29(26,27)17-8-3-5-14(12-17)18(25)23-10-11-28-16-7-4-6-15(13-16)19(20,21)22/h1,3-8,12-13,24H,9-11H2,(H,23,25). The topological polar surface area (TPSA) is 84.5 Å². The molecule has 0 fully saturated rings. The van der Waals surface area contributed by atoms with Crippen LogP contribution in [0.15, 0.2) is 53.4 Å². The predicted octanol–water partition coefficient (Wildman–Crippen LogP) is 2.43. The van der Waals surface area contributed by atoms with Gasteiger partial charge in [0.1, 0.15) is 12.4 Å². The van der Waals surface area contributed by atoms with E-state index in [1.807, 2.05) is 0 Å². The third-order valence-corrected chi connectivity index (χ3v) is 4.99. The van der Waals surface area contributed by atoms with Crippen LogP contribution >= 0.6 is 0 Å². The van der Waals surface area contributed by atoms with Gasteiger partial charge >= 0.3 is 6.18 Å². The molecule has 0 unspecified atom stereocenters. The fourth-order valence-electron chi connectivity index (χ4n) is 2.22. The average molecular weight is 426 g/mol. The Balaban J connectivity index is 1.92. The largest absolute Gasteiger partial charge is 0.492 e. The molecule has 0 aromatic heterocycles. The van der Waals surface area contributed by atoms with Crippen LogP contribution in [0.3, 0.4) is 0 Å². The van der Waals surface area contributed by atoms with Gasteiger partial charge in [0, 0.05) is 5.56 Å². The number of carbonyl (C=O) groups is 1. The molecular formula is C19H17F3N2O4S. The molecule has 0 saturated heterocycles. The Bertz CT molecular complexity index is 1010. The molecule has 0 bridgehead atoms. The number of hydrogen-bond acceptors (Lipinski definition) is 4. The van der Waals surface area contributed by atoms with Crippen LogP contribution < -0.4 is 14.8 Å². The molecule has 0 spiro atoms. The van der Waals surface area contributed by atoms with Crippen molar-refractivity contribution in [2.75, 3.05) is 19.7 Å². The summed E-state index contributed by atoms with van der Waals surface area (Å²) < 4.78 is 69.5. The molecule has 0 atom stereocenters. The molecule has 10 heteroatoms. The highest BCUT2D eigenvalue weighted by molar-refractivity contribution is 7.89. The van der Waals surface area contributed by atoms with E-state index in [1.54, 1.807) is 0 Å². The Morgan fingerprint density at radius 3 is 2.55 bits per heavy atom. The summed E-state index contributed by atoms with van der Waals surface area (Å²) in [6.45, 7) is -0.262. The Labute approximate surface area is 166 Å². The van der Waals surface area contributed by atoms with Crippen molar-refractivity contribution in [3.05, 3.63) is 59.7 Å². The minimum Gasteiger partial charge on any atom is -0.492 e. The van der Waals surface area contributed by atoms with Gasteiger partial charge in [-0.25, -0.2) is 8.42 Å². The second-order valence-corrected chi connectivity index (χ2v) is 7.45. The van der Waals surface area contributed by atoms with Crippen molar-refractivity contribution < 1.29 is 31.1 Å². The molecule has 2 N–H and O–H groups in total. The maximum Gasteiger partial charge on any atom is 0.416 e. The number of carbonyl (C=O) groups excluding carboxylic acids is 1. The van der Waals surface area contributed by atoms with Crippen LogP contribution in [0.1, 0.15) is 15.9 Å². The molecule has 2 aromatic rings. The molecule has 29 heavy (non-hydrogen) atoms.